The first-order valence-corrected chi connectivity index (χ1v) is 10.3. The number of carbonyl (C=O) groups is 2. The zero-order chi connectivity index (χ0) is 22.5. The van der Waals surface area contributed by atoms with Crippen LogP contribution >= 0.6 is 24.0 Å². The molecule has 2 aromatic rings. The molecule has 0 aromatic heterocycles. The maximum absolute atomic E-state index is 11.9. The number of benzene rings is 2. The van der Waals surface area contributed by atoms with Crippen molar-refractivity contribution in [2.45, 2.75) is 26.0 Å². The molecule has 0 fully saturated rings. The summed E-state index contributed by atoms with van der Waals surface area (Å²) in [6.45, 7) is 3.82. The minimum absolute atomic E-state index is 0. The second kappa shape index (κ2) is 15.2. The number of hydrogen-bond acceptors (Lipinski definition) is 4. The van der Waals surface area contributed by atoms with Crippen molar-refractivity contribution in [3.05, 3.63) is 71.3 Å². The third-order valence-electron chi connectivity index (χ3n) is 4.57. The van der Waals surface area contributed by atoms with Crippen LogP contribution in [0.15, 0.2) is 59.6 Å². The predicted molar refractivity (Wildman–Crippen MR) is 137 cm³/mol. The maximum Gasteiger partial charge on any atom is 0.251 e. The number of primary amides is 1. The molecule has 8 nitrogen and oxygen atoms in total. The second-order valence-corrected chi connectivity index (χ2v) is 6.98. The first-order chi connectivity index (χ1) is 15.0. The molecule has 9 heteroatoms. The van der Waals surface area contributed by atoms with Crippen LogP contribution in [0.2, 0.25) is 0 Å². The number of nitrogens with one attached hydrogen (secondary N) is 3. The minimum atomic E-state index is -0.578. The Morgan fingerprint density at radius 1 is 1.03 bits per heavy atom. The summed E-state index contributed by atoms with van der Waals surface area (Å²) >= 11 is 0. The van der Waals surface area contributed by atoms with E-state index in [-0.39, 0.29) is 42.5 Å². The Balaban J connectivity index is 0.00000512. The summed E-state index contributed by atoms with van der Waals surface area (Å²) in [4.78, 5) is 26.9. The van der Waals surface area contributed by atoms with Gasteiger partial charge in [-0.3, -0.25) is 14.6 Å². The largest absolute Gasteiger partial charge is 0.374 e. The molecule has 1 unspecified atom stereocenters. The van der Waals surface area contributed by atoms with Crippen LogP contribution in [0.1, 0.15) is 40.9 Å². The summed E-state index contributed by atoms with van der Waals surface area (Å²) in [7, 11) is 1.72. The summed E-state index contributed by atoms with van der Waals surface area (Å²) in [5.41, 5.74) is 7.66. The third-order valence-corrected chi connectivity index (χ3v) is 4.57. The highest BCUT2D eigenvalue weighted by atomic mass is 127. The SMILES string of the molecule is CN=C(NCCCOC(C)c1ccccc1)NCc1ccc(C(=O)NCC(N)=O)cc1.I. The van der Waals surface area contributed by atoms with Crippen LogP contribution in [0.25, 0.3) is 0 Å². The molecule has 32 heavy (non-hydrogen) atoms. The molecular weight excluding hydrogens is 521 g/mol. The predicted octanol–water partition coefficient (Wildman–Crippen LogP) is 2.35. The Kier molecular flexibility index (Phi) is 13.0. The van der Waals surface area contributed by atoms with E-state index >= 15 is 0 Å². The van der Waals surface area contributed by atoms with E-state index < -0.39 is 5.91 Å². The molecule has 0 aliphatic carbocycles. The van der Waals surface area contributed by atoms with Gasteiger partial charge in [-0.2, -0.15) is 0 Å². The Morgan fingerprint density at radius 3 is 2.34 bits per heavy atom. The topological polar surface area (TPSA) is 118 Å². The number of halogens is 1. The third kappa shape index (κ3) is 10.1. The second-order valence-electron chi connectivity index (χ2n) is 6.98. The number of nitrogens with zero attached hydrogens (tertiary/aromatic N) is 1. The number of guanidine groups is 1. The molecular formula is C23H32IN5O3. The van der Waals surface area contributed by atoms with Gasteiger partial charge in [0.25, 0.3) is 5.91 Å². The molecule has 0 radical (unpaired) electrons. The molecule has 2 amide bonds. The summed E-state index contributed by atoms with van der Waals surface area (Å²) in [6.07, 6.45) is 0.923. The lowest BCUT2D eigenvalue weighted by Gasteiger charge is -2.15. The van der Waals surface area contributed by atoms with Crippen molar-refractivity contribution in [1.29, 1.82) is 0 Å². The molecule has 0 saturated heterocycles. The zero-order valence-corrected chi connectivity index (χ0v) is 20.8. The minimum Gasteiger partial charge on any atom is -0.374 e. The Hall–Kier alpha value is -2.66. The first-order valence-electron chi connectivity index (χ1n) is 10.3. The number of hydrogen-bond donors (Lipinski definition) is 4. The fraction of sp³-hybridized carbons (Fsp3) is 0.348. The summed E-state index contributed by atoms with van der Waals surface area (Å²) < 4.78 is 5.88. The van der Waals surface area contributed by atoms with E-state index in [1.54, 1.807) is 19.2 Å². The van der Waals surface area contributed by atoms with Gasteiger partial charge in [0.15, 0.2) is 5.96 Å². The van der Waals surface area contributed by atoms with Crippen LogP contribution < -0.4 is 21.7 Å². The monoisotopic (exact) mass is 553 g/mol. The first kappa shape index (κ1) is 27.4. The normalized spacial score (nSPS) is 11.8. The van der Waals surface area contributed by atoms with E-state index in [1.807, 2.05) is 30.3 Å². The number of nitrogens with two attached hydrogens (primary N) is 1. The molecule has 2 rings (SSSR count). The molecule has 2 aromatic carbocycles. The van der Waals surface area contributed by atoms with Crippen LogP contribution in [0.3, 0.4) is 0 Å². The lowest BCUT2D eigenvalue weighted by molar-refractivity contribution is -0.117. The van der Waals surface area contributed by atoms with Crippen LogP contribution in [0.4, 0.5) is 0 Å². The molecule has 0 aliphatic rings. The molecule has 0 heterocycles. The molecule has 174 valence electrons. The molecule has 1 atom stereocenters. The van der Waals surface area contributed by atoms with Crippen LogP contribution in [0.5, 0.6) is 0 Å². The van der Waals surface area contributed by atoms with Gasteiger partial charge >= 0.3 is 0 Å². The Morgan fingerprint density at radius 2 is 1.72 bits per heavy atom. The van der Waals surface area contributed by atoms with Crippen molar-refractivity contribution < 1.29 is 14.3 Å². The molecule has 0 spiro atoms. The fourth-order valence-electron chi connectivity index (χ4n) is 2.81. The van der Waals surface area contributed by atoms with E-state index in [2.05, 4.69) is 40.0 Å². The van der Waals surface area contributed by atoms with E-state index in [9.17, 15) is 9.59 Å². The van der Waals surface area contributed by atoms with Crippen LogP contribution in [-0.2, 0) is 16.1 Å². The van der Waals surface area contributed by atoms with Gasteiger partial charge in [0.2, 0.25) is 5.91 Å². The summed E-state index contributed by atoms with van der Waals surface area (Å²) in [5.74, 6) is -0.218. The summed E-state index contributed by atoms with van der Waals surface area (Å²) in [6, 6.07) is 17.2. The highest BCUT2D eigenvalue weighted by Crippen LogP contribution is 2.15. The average molecular weight is 553 g/mol. The van der Waals surface area contributed by atoms with Gasteiger partial charge < -0.3 is 26.4 Å². The molecule has 0 saturated carbocycles. The molecule has 0 bridgehead atoms. The standard InChI is InChI=1S/C23H31N5O3.HI/c1-17(19-7-4-3-5-8-19)31-14-6-13-26-23(25-2)28-15-18-9-11-20(12-10-18)22(30)27-16-21(24)29;/h3-5,7-12,17H,6,13-16H2,1-2H3,(H2,24,29)(H,27,30)(H2,25,26,28);1H. The van der Waals surface area contributed by atoms with E-state index in [4.69, 9.17) is 10.5 Å². The molecule has 5 N–H and O–H groups in total. The van der Waals surface area contributed by atoms with Crippen molar-refractivity contribution >= 4 is 41.8 Å². The van der Waals surface area contributed by atoms with Crippen molar-refractivity contribution in [1.82, 2.24) is 16.0 Å². The number of amides is 2. The van der Waals surface area contributed by atoms with Crippen LogP contribution in [0, 0.1) is 0 Å². The Labute approximate surface area is 206 Å². The number of aliphatic imine (C=N–C) groups is 1. The zero-order valence-electron chi connectivity index (χ0n) is 18.5. The smallest absolute Gasteiger partial charge is 0.251 e. The quantitative estimate of drug-likeness (QED) is 0.148. The number of carbonyl (C=O) groups excluding carboxylic acids is 2. The van der Waals surface area contributed by atoms with E-state index in [0.717, 1.165) is 18.5 Å². The lowest BCUT2D eigenvalue weighted by atomic mass is 10.1. The van der Waals surface area contributed by atoms with Crippen LogP contribution in [-0.4, -0.2) is 44.5 Å². The van der Waals surface area contributed by atoms with Crippen molar-refractivity contribution in [3.63, 3.8) is 0 Å². The van der Waals surface area contributed by atoms with Gasteiger partial charge in [0, 0.05) is 32.3 Å². The highest BCUT2D eigenvalue weighted by molar-refractivity contribution is 14.0. The van der Waals surface area contributed by atoms with E-state index in [1.165, 1.54) is 5.56 Å². The number of rotatable bonds is 11. The van der Waals surface area contributed by atoms with Crippen molar-refractivity contribution in [2.75, 3.05) is 26.7 Å². The van der Waals surface area contributed by atoms with Gasteiger partial charge in [-0.1, -0.05) is 42.5 Å². The fourth-order valence-corrected chi connectivity index (χ4v) is 2.81. The van der Waals surface area contributed by atoms with Gasteiger partial charge in [-0.05, 0) is 36.6 Å². The highest BCUT2D eigenvalue weighted by Gasteiger charge is 2.07. The number of ether oxygens (including phenoxy) is 1. The van der Waals surface area contributed by atoms with E-state index in [0.29, 0.717) is 24.7 Å². The summed E-state index contributed by atoms with van der Waals surface area (Å²) in [5, 5.41) is 8.96. The molecule has 0 aliphatic heterocycles. The average Bonchev–Trinajstić information content (AvgIpc) is 2.80. The lowest BCUT2D eigenvalue weighted by Crippen LogP contribution is -2.37. The van der Waals surface area contributed by atoms with Gasteiger partial charge in [0.1, 0.15) is 0 Å². The Bertz CT molecular complexity index is 860. The van der Waals surface area contributed by atoms with Gasteiger partial charge in [-0.25, -0.2) is 0 Å². The van der Waals surface area contributed by atoms with Gasteiger partial charge in [0.05, 0.1) is 12.6 Å². The van der Waals surface area contributed by atoms with Crippen molar-refractivity contribution in [3.8, 4) is 0 Å². The van der Waals surface area contributed by atoms with Crippen molar-refractivity contribution in [2.24, 2.45) is 10.7 Å². The van der Waals surface area contributed by atoms with Gasteiger partial charge in [-0.15, -0.1) is 24.0 Å². The maximum atomic E-state index is 11.9.